The average molecular weight is 219 g/mol. The van der Waals surface area contributed by atoms with Gasteiger partial charge in [0.2, 0.25) is 0 Å². The first-order chi connectivity index (χ1) is 6.77. The molecule has 2 N–H and O–H groups in total. The smallest absolute Gasteiger partial charge is 0.0815 e. The lowest BCUT2D eigenvalue weighted by atomic mass is 9.94. The fourth-order valence-corrected chi connectivity index (χ4v) is 2.02. The highest BCUT2D eigenvalue weighted by molar-refractivity contribution is 7.98. The molecular weight excluding hydrogens is 198 g/mol. The van der Waals surface area contributed by atoms with Gasteiger partial charge >= 0.3 is 0 Å². The van der Waals surface area contributed by atoms with Gasteiger partial charge in [0.25, 0.3) is 0 Å². The first kappa shape index (κ1) is 12.3. The molecule has 0 aromatic rings. The number of ether oxygens (including phenoxy) is 1. The summed E-state index contributed by atoms with van der Waals surface area (Å²) in [6.07, 6.45) is 4.82. The molecule has 1 saturated heterocycles. The van der Waals surface area contributed by atoms with Gasteiger partial charge < -0.3 is 15.2 Å². The SMILES string of the molecule is CSCCCNCC1(O)CCOCC1. The molecule has 0 atom stereocenters. The lowest BCUT2D eigenvalue weighted by molar-refractivity contribution is -0.0614. The van der Waals surface area contributed by atoms with Crippen LogP contribution in [0.1, 0.15) is 19.3 Å². The predicted octanol–water partition coefficient (Wildman–Crippen LogP) is 0.871. The predicted molar refractivity (Wildman–Crippen MR) is 60.9 cm³/mol. The summed E-state index contributed by atoms with van der Waals surface area (Å²) in [5, 5.41) is 13.4. The number of rotatable bonds is 6. The molecule has 0 aromatic carbocycles. The van der Waals surface area contributed by atoms with E-state index >= 15 is 0 Å². The van der Waals surface area contributed by atoms with Crippen molar-refractivity contribution in [1.29, 1.82) is 0 Å². The molecule has 0 saturated carbocycles. The molecule has 0 unspecified atom stereocenters. The Balaban J connectivity index is 2.03. The van der Waals surface area contributed by atoms with E-state index in [0.717, 1.165) is 19.4 Å². The van der Waals surface area contributed by atoms with Crippen LogP contribution in [0.2, 0.25) is 0 Å². The standard InChI is InChI=1S/C10H21NO2S/c1-14-8-2-5-11-9-10(12)3-6-13-7-4-10/h11-12H,2-9H2,1H3. The molecule has 1 fully saturated rings. The second-order valence-electron chi connectivity index (χ2n) is 3.86. The summed E-state index contributed by atoms with van der Waals surface area (Å²) in [7, 11) is 0. The third kappa shape index (κ3) is 4.64. The van der Waals surface area contributed by atoms with Crippen molar-refractivity contribution >= 4 is 11.8 Å². The van der Waals surface area contributed by atoms with Crippen LogP contribution in [0, 0.1) is 0 Å². The van der Waals surface area contributed by atoms with E-state index in [1.807, 2.05) is 11.8 Å². The van der Waals surface area contributed by atoms with Crippen molar-refractivity contribution in [1.82, 2.24) is 5.32 Å². The monoisotopic (exact) mass is 219 g/mol. The fraction of sp³-hybridized carbons (Fsp3) is 1.00. The Morgan fingerprint density at radius 2 is 2.14 bits per heavy atom. The van der Waals surface area contributed by atoms with Gasteiger partial charge in [-0.15, -0.1) is 0 Å². The molecule has 14 heavy (non-hydrogen) atoms. The zero-order valence-corrected chi connectivity index (χ0v) is 9.74. The van der Waals surface area contributed by atoms with Crippen LogP contribution in [0.4, 0.5) is 0 Å². The number of thioether (sulfide) groups is 1. The molecule has 0 bridgehead atoms. The molecule has 1 aliphatic rings. The lowest BCUT2D eigenvalue weighted by Crippen LogP contribution is -2.45. The number of aliphatic hydroxyl groups is 1. The van der Waals surface area contributed by atoms with Gasteiger partial charge in [-0.05, 0) is 25.0 Å². The van der Waals surface area contributed by atoms with Crippen LogP contribution in [0.3, 0.4) is 0 Å². The van der Waals surface area contributed by atoms with E-state index in [0.29, 0.717) is 19.8 Å². The van der Waals surface area contributed by atoms with Crippen LogP contribution in [-0.2, 0) is 4.74 Å². The summed E-state index contributed by atoms with van der Waals surface area (Å²) in [5.41, 5.74) is -0.516. The summed E-state index contributed by atoms with van der Waals surface area (Å²) in [4.78, 5) is 0. The highest BCUT2D eigenvalue weighted by Crippen LogP contribution is 2.19. The Hall–Kier alpha value is 0.230. The largest absolute Gasteiger partial charge is 0.388 e. The minimum absolute atomic E-state index is 0.516. The maximum atomic E-state index is 10.1. The van der Waals surface area contributed by atoms with Crippen molar-refractivity contribution in [3.8, 4) is 0 Å². The van der Waals surface area contributed by atoms with Crippen LogP contribution >= 0.6 is 11.8 Å². The molecule has 1 aliphatic heterocycles. The third-order valence-corrected chi connectivity index (χ3v) is 3.28. The van der Waals surface area contributed by atoms with Crippen LogP contribution in [-0.4, -0.2) is 49.0 Å². The highest BCUT2D eigenvalue weighted by atomic mass is 32.2. The van der Waals surface area contributed by atoms with Crippen LogP contribution in [0.5, 0.6) is 0 Å². The summed E-state index contributed by atoms with van der Waals surface area (Å²) in [5.74, 6) is 1.19. The lowest BCUT2D eigenvalue weighted by Gasteiger charge is -2.32. The van der Waals surface area contributed by atoms with Gasteiger partial charge in [-0.2, -0.15) is 11.8 Å². The van der Waals surface area contributed by atoms with Gasteiger partial charge in [0.15, 0.2) is 0 Å². The number of nitrogens with one attached hydrogen (secondary N) is 1. The van der Waals surface area contributed by atoms with Crippen molar-refractivity contribution < 1.29 is 9.84 Å². The number of hydrogen-bond acceptors (Lipinski definition) is 4. The van der Waals surface area contributed by atoms with Crippen LogP contribution < -0.4 is 5.32 Å². The van der Waals surface area contributed by atoms with Crippen molar-refractivity contribution in [2.24, 2.45) is 0 Å². The Morgan fingerprint density at radius 3 is 2.79 bits per heavy atom. The second-order valence-corrected chi connectivity index (χ2v) is 4.85. The molecule has 84 valence electrons. The third-order valence-electron chi connectivity index (χ3n) is 2.58. The van der Waals surface area contributed by atoms with Crippen LogP contribution in [0.15, 0.2) is 0 Å². The van der Waals surface area contributed by atoms with E-state index in [9.17, 15) is 5.11 Å². The Kier molecular flexibility index (Phi) is 5.86. The quantitative estimate of drug-likeness (QED) is 0.651. The molecule has 0 amide bonds. The Bertz CT molecular complexity index is 149. The van der Waals surface area contributed by atoms with E-state index < -0.39 is 5.60 Å². The topological polar surface area (TPSA) is 41.5 Å². The second kappa shape index (κ2) is 6.67. The van der Waals surface area contributed by atoms with Gasteiger partial charge in [-0.1, -0.05) is 0 Å². The molecule has 0 aliphatic carbocycles. The van der Waals surface area contributed by atoms with E-state index in [1.165, 1.54) is 12.2 Å². The molecule has 1 heterocycles. The first-order valence-corrected chi connectivity index (χ1v) is 6.66. The van der Waals surface area contributed by atoms with Crippen molar-refractivity contribution in [2.75, 3.05) is 38.3 Å². The average Bonchev–Trinajstić information content (AvgIpc) is 2.18. The molecule has 0 spiro atoms. The molecule has 1 rings (SSSR count). The van der Waals surface area contributed by atoms with E-state index in [4.69, 9.17) is 4.74 Å². The summed E-state index contributed by atoms with van der Waals surface area (Å²) in [6.45, 7) is 3.11. The highest BCUT2D eigenvalue weighted by Gasteiger charge is 2.28. The van der Waals surface area contributed by atoms with Gasteiger partial charge in [0.05, 0.1) is 5.60 Å². The van der Waals surface area contributed by atoms with E-state index in [-0.39, 0.29) is 0 Å². The van der Waals surface area contributed by atoms with E-state index in [2.05, 4.69) is 11.6 Å². The van der Waals surface area contributed by atoms with Crippen LogP contribution in [0.25, 0.3) is 0 Å². The minimum Gasteiger partial charge on any atom is -0.388 e. The maximum Gasteiger partial charge on any atom is 0.0815 e. The Morgan fingerprint density at radius 1 is 1.43 bits per heavy atom. The zero-order valence-electron chi connectivity index (χ0n) is 8.92. The van der Waals surface area contributed by atoms with Gasteiger partial charge in [0.1, 0.15) is 0 Å². The van der Waals surface area contributed by atoms with Gasteiger partial charge in [0, 0.05) is 32.6 Å². The first-order valence-electron chi connectivity index (χ1n) is 5.27. The van der Waals surface area contributed by atoms with Gasteiger partial charge in [-0.25, -0.2) is 0 Å². The molecule has 4 heteroatoms. The summed E-state index contributed by atoms with van der Waals surface area (Å²) in [6, 6.07) is 0. The summed E-state index contributed by atoms with van der Waals surface area (Å²) >= 11 is 1.86. The molecule has 0 aromatic heterocycles. The van der Waals surface area contributed by atoms with Gasteiger partial charge in [-0.3, -0.25) is 0 Å². The molecule has 0 radical (unpaired) electrons. The molecule has 3 nitrogen and oxygen atoms in total. The van der Waals surface area contributed by atoms with Crippen molar-refractivity contribution in [3.05, 3.63) is 0 Å². The Labute approximate surface area is 90.6 Å². The zero-order chi connectivity index (χ0) is 10.3. The maximum absolute atomic E-state index is 10.1. The number of hydrogen-bond donors (Lipinski definition) is 2. The van der Waals surface area contributed by atoms with Crippen molar-refractivity contribution in [3.63, 3.8) is 0 Å². The molecular formula is C10H21NO2S. The van der Waals surface area contributed by atoms with E-state index in [1.54, 1.807) is 0 Å². The minimum atomic E-state index is -0.516. The normalized spacial score (nSPS) is 21.0. The van der Waals surface area contributed by atoms with Crippen molar-refractivity contribution in [2.45, 2.75) is 24.9 Å². The summed E-state index contributed by atoms with van der Waals surface area (Å²) < 4.78 is 5.22. The fourth-order valence-electron chi connectivity index (χ4n) is 1.59.